The van der Waals surface area contributed by atoms with Gasteiger partial charge in [0.05, 0.1) is 25.6 Å². The minimum atomic E-state index is -0.854. The van der Waals surface area contributed by atoms with Gasteiger partial charge < -0.3 is 10.2 Å². The van der Waals surface area contributed by atoms with E-state index < -0.39 is 12.1 Å². The Balaban J connectivity index is 0.00000961. The number of aliphatic hydroxyl groups is 1. The summed E-state index contributed by atoms with van der Waals surface area (Å²) in [5.74, 6) is -1.10. The number of carboxylic acid groups (broad SMARTS) is 1. The van der Waals surface area contributed by atoms with Crippen molar-refractivity contribution in [3.63, 3.8) is 0 Å². The maximum atomic E-state index is 11.2. The Morgan fingerprint density at radius 1 is 0.938 bits per heavy atom. The molecule has 0 aliphatic carbocycles. The molecule has 1 aliphatic rings. The Bertz CT molecular complexity index is 465. The molecule has 0 saturated carbocycles. The fraction of sp³-hybridized carbons (Fsp3) is 0.920. The van der Waals surface area contributed by atoms with Gasteiger partial charge in [-0.25, -0.2) is 5.06 Å². The number of carboxylic acids is 1. The Morgan fingerprint density at radius 2 is 1.44 bits per heavy atom. The van der Waals surface area contributed by atoms with E-state index in [0.717, 1.165) is 19.3 Å². The maximum absolute atomic E-state index is 11.2. The Morgan fingerprint density at radius 3 is 1.88 bits per heavy atom. The number of aliphatic hydroxyl groups excluding tert-OH is 1. The molecule has 1 rings (SSSR count). The van der Waals surface area contributed by atoms with Crippen molar-refractivity contribution in [1.82, 2.24) is 5.06 Å². The third-order valence-electron chi connectivity index (χ3n) is 6.23. The molecule has 1 heterocycles. The minimum absolute atomic E-state index is 0. The van der Waals surface area contributed by atoms with Crippen LogP contribution in [0, 0.1) is 5.92 Å². The van der Waals surface area contributed by atoms with E-state index in [-0.39, 0.29) is 48.5 Å². The van der Waals surface area contributed by atoms with Gasteiger partial charge in [0.2, 0.25) is 0 Å². The van der Waals surface area contributed by atoms with Crippen molar-refractivity contribution in [2.24, 2.45) is 10.9 Å². The Hall–Kier alpha value is -0.140. The molecule has 32 heavy (non-hydrogen) atoms. The summed E-state index contributed by atoms with van der Waals surface area (Å²) in [7, 11) is 0. The molecule has 0 aromatic carbocycles. The van der Waals surface area contributed by atoms with E-state index in [1.54, 1.807) is 11.4 Å². The van der Waals surface area contributed by atoms with Gasteiger partial charge in [-0.3, -0.25) is 14.6 Å². The van der Waals surface area contributed by atoms with Crippen LogP contribution in [0.25, 0.3) is 0 Å². The summed E-state index contributed by atoms with van der Waals surface area (Å²) < 4.78 is 0. The number of aliphatic imine (C=N–C) groups is 1. The van der Waals surface area contributed by atoms with Crippen LogP contribution in [0.15, 0.2) is 4.99 Å². The summed E-state index contributed by atoms with van der Waals surface area (Å²) >= 11 is 0. The average Bonchev–Trinajstić information content (AvgIpc) is 3.27. The van der Waals surface area contributed by atoms with Gasteiger partial charge in [-0.2, -0.15) is 0 Å². The molecular formula is C25H49N2NaO4. The van der Waals surface area contributed by atoms with Crippen LogP contribution in [0.5, 0.6) is 0 Å². The molecule has 0 amide bonds. The second-order valence-corrected chi connectivity index (χ2v) is 9.12. The number of rotatable bonds is 22. The number of hydrogen-bond donors (Lipinski definition) is 2. The number of nitrogens with zero attached hydrogens (tertiary/aromatic N) is 2. The van der Waals surface area contributed by atoms with Gasteiger partial charge in [-0.15, -0.1) is 0 Å². The van der Waals surface area contributed by atoms with E-state index in [1.807, 2.05) is 0 Å². The van der Waals surface area contributed by atoms with E-state index in [1.165, 1.54) is 83.5 Å². The molecule has 0 aromatic heterocycles. The fourth-order valence-corrected chi connectivity index (χ4v) is 4.20. The standard InChI is InChI=1S/C25H48N2O4.Na.H/c1-2-3-4-5-6-7-8-9-10-11-12-13-14-15-16-17-23(20-25(29)30)24(28)21-31-27-19-18-26-22-27;;/h22-24,28H,2-21H2,1H3,(H,29,30);;. The van der Waals surface area contributed by atoms with Gasteiger partial charge in [-0.05, 0) is 12.3 Å². The van der Waals surface area contributed by atoms with E-state index >= 15 is 0 Å². The molecule has 0 saturated heterocycles. The number of aliphatic carboxylic acids is 1. The third-order valence-corrected chi connectivity index (χ3v) is 6.23. The molecule has 0 bridgehead atoms. The number of hydroxylamine groups is 2. The number of unbranched alkanes of at least 4 members (excludes halogenated alkanes) is 14. The molecule has 2 unspecified atom stereocenters. The third kappa shape index (κ3) is 18.3. The van der Waals surface area contributed by atoms with Crippen molar-refractivity contribution in [2.45, 2.75) is 122 Å². The van der Waals surface area contributed by atoms with Gasteiger partial charge in [-0.1, -0.05) is 103 Å². The first-order chi connectivity index (χ1) is 15.1. The van der Waals surface area contributed by atoms with E-state index in [2.05, 4.69) is 11.9 Å². The molecule has 0 fully saturated rings. The summed E-state index contributed by atoms with van der Waals surface area (Å²) in [5.41, 5.74) is 0. The first-order valence-corrected chi connectivity index (χ1v) is 12.9. The van der Waals surface area contributed by atoms with Crippen LogP contribution in [0.1, 0.15) is 116 Å². The molecule has 6 nitrogen and oxygen atoms in total. The topological polar surface area (TPSA) is 82.4 Å². The zero-order valence-electron chi connectivity index (χ0n) is 20.0. The molecule has 2 N–H and O–H groups in total. The van der Waals surface area contributed by atoms with Gasteiger partial charge in [0, 0.05) is 0 Å². The fourth-order valence-electron chi connectivity index (χ4n) is 4.20. The van der Waals surface area contributed by atoms with Crippen LogP contribution in [-0.2, 0) is 9.63 Å². The van der Waals surface area contributed by atoms with E-state index in [0.29, 0.717) is 13.1 Å². The molecule has 1 aliphatic heterocycles. The van der Waals surface area contributed by atoms with Gasteiger partial charge in [0.25, 0.3) is 0 Å². The molecule has 0 aromatic rings. The van der Waals surface area contributed by atoms with Gasteiger partial charge in [0.1, 0.15) is 12.9 Å². The average molecular weight is 465 g/mol. The number of hydrogen-bond acceptors (Lipinski definition) is 5. The van der Waals surface area contributed by atoms with Crippen LogP contribution in [0.3, 0.4) is 0 Å². The van der Waals surface area contributed by atoms with Crippen molar-refractivity contribution in [2.75, 3.05) is 19.7 Å². The first-order valence-electron chi connectivity index (χ1n) is 12.9. The predicted molar refractivity (Wildman–Crippen MR) is 134 cm³/mol. The zero-order chi connectivity index (χ0) is 22.6. The molecular weight excluding hydrogens is 415 g/mol. The molecule has 7 heteroatoms. The van der Waals surface area contributed by atoms with Crippen molar-refractivity contribution >= 4 is 41.9 Å². The Labute approximate surface area is 218 Å². The quantitative estimate of drug-likeness (QED) is 0.167. The summed E-state index contributed by atoms with van der Waals surface area (Å²) in [4.78, 5) is 20.7. The van der Waals surface area contributed by atoms with Crippen LogP contribution >= 0.6 is 0 Å². The van der Waals surface area contributed by atoms with Gasteiger partial charge >= 0.3 is 35.5 Å². The summed E-state index contributed by atoms with van der Waals surface area (Å²) in [6.45, 7) is 3.79. The van der Waals surface area contributed by atoms with E-state index in [4.69, 9.17) is 9.94 Å². The summed E-state index contributed by atoms with van der Waals surface area (Å²) in [6, 6.07) is 0. The summed E-state index contributed by atoms with van der Waals surface area (Å²) in [5, 5.41) is 21.1. The number of carbonyl (C=O) groups is 1. The van der Waals surface area contributed by atoms with Crippen molar-refractivity contribution in [1.29, 1.82) is 0 Å². The second kappa shape index (κ2) is 22.6. The van der Waals surface area contributed by atoms with Crippen LogP contribution in [0.2, 0.25) is 0 Å². The van der Waals surface area contributed by atoms with Crippen molar-refractivity contribution < 1.29 is 19.8 Å². The SMILES string of the molecule is CCCCCCCCCCCCCCCCCC(CC(=O)O)C(O)CON1C=NCC1.[NaH]. The molecule has 184 valence electrons. The first kappa shape index (κ1) is 31.9. The van der Waals surface area contributed by atoms with Crippen molar-refractivity contribution in [3.05, 3.63) is 0 Å². The molecule has 0 radical (unpaired) electrons. The van der Waals surface area contributed by atoms with Crippen LogP contribution < -0.4 is 0 Å². The monoisotopic (exact) mass is 464 g/mol. The molecule has 0 spiro atoms. The van der Waals surface area contributed by atoms with Gasteiger partial charge in [0.15, 0.2) is 0 Å². The van der Waals surface area contributed by atoms with Crippen LogP contribution in [0.4, 0.5) is 0 Å². The molecule has 2 atom stereocenters. The predicted octanol–water partition coefficient (Wildman–Crippen LogP) is 5.33. The second-order valence-electron chi connectivity index (χ2n) is 9.12. The van der Waals surface area contributed by atoms with E-state index in [9.17, 15) is 9.90 Å². The van der Waals surface area contributed by atoms with Crippen LogP contribution in [-0.4, -0.2) is 82.9 Å². The zero-order valence-corrected chi connectivity index (χ0v) is 20.0. The van der Waals surface area contributed by atoms with Crippen molar-refractivity contribution in [3.8, 4) is 0 Å². The normalized spacial score (nSPS) is 15.0. The summed E-state index contributed by atoms with van der Waals surface area (Å²) in [6.07, 6.45) is 21.3. The Kier molecular flexibility index (Phi) is 22.5.